The average molecular weight is 126 g/mol. The first kappa shape index (κ1) is 8.44. The van der Waals surface area contributed by atoms with E-state index < -0.39 is 0 Å². The Hall–Kier alpha value is -0.560. The summed E-state index contributed by atoms with van der Waals surface area (Å²) in [4.78, 5) is 0. The summed E-state index contributed by atoms with van der Waals surface area (Å²) in [6.07, 6.45) is 10.0. The van der Waals surface area contributed by atoms with Gasteiger partial charge in [0.1, 0.15) is 0 Å². The van der Waals surface area contributed by atoms with E-state index in [2.05, 4.69) is 6.08 Å². The van der Waals surface area contributed by atoms with E-state index in [1.165, 1.54) is 0 Å². The Balaban J connectivity index is 2.99. The van der Waals surface area contributed by atoms with Crippen molar-refractivity contribution in [1.82, 2.24) is 0 Å². The summed E-state index contributed by atoms with van der Waals surface area (Å²) < 4.78 is 0. The van der Waals surface area contributed by atoms with Crippen molar-refractivity contribution in [2.45, 2.75) is 19.8 Å². The molecule has 0 rings (SSSR count). The van der Waals surface area contributed by atoms with Gasteiger partial charge in [0, 0.05) is 0 Å². The summed E-state index contributed by atoms with van der Waals surface area (Å²) in [6.45, 7) is 2.17. The van der Waals surface area contributed by atoms with Gasteiger partial charge in [0.2, 0.25) is 0 Å². The van der Waals surface area contributed by atoms with Gasteiger partial charge in [-0.2, -0.15) is 0 Å². The second-order valence-electron chi connectivity index (χ2n) is 1.80. The molecule has 0 amide bonds. The molecule has 0 heterocycles. The number of aliphatic hydroxyl groups is 1. The second kappa shape index (κ2) is 7.44. The fraction of sp³-hybridized carbons (Fsp3) is 0.500. The average Bonchev–Trinajstić information content (AvgIpc) is 1.89. The van der Waals surface area contributed by atoms with E-state index in [0.717, 1.165) is 12.8 Å². The lowest BCUT2D eigenvalue weighted by Crippen LogP contribution is -1.70. The van der Waals surface area contributed by atoms with E-state index in [-0.39, 0.29) is 6.61 Å². The summed E-state index contributed by atoms with van der Waals surface area (Å²) in [7, 11) is 0. The van der Waals surface area contributed by atoms with Crippen LogP contribution in [0, 0.1) is 0 Å². The third kappa shape index (κ3) is 7.44. The first-order valence-corrected chi connectivity index (χ1v) is 3.28. The molecule has 0 unspecified atom stereocenters. The van der Waals surface area contributed by atoms with Gasteiger partial charge in [-0.25, -0.2) is 0 Å². The van der Waals surface area contributed by atoms with Crippen LogP contribution in [0.3, 0.4) is 0 Å². The second-order valence-corrected chi connectivity index (χ2v) is 1.80. The Morgan fingerprint density at radius 1 is 1.11 bits per heavy atom. The Morgan fingerprint density at radius 2 is 1.78 bits per heavy atom. The zero-order valence-electron chi connectivity index (χ0n) is 5.88. The predicted molar refractivity (Wildman–Crippen MR) is 40.3 cm³/mol. The van der Waals surface area contributed by atoms with Crippen LogP contribution in [0.4, 0.5) is 0 Å². The fourth-order valence-electron chi connectivity index (χ4n) is 0.552. The Morgan fingerprint density at radius 3 is 2.33 bits per heavy atom. The summed E-state index contributed by atoms with van der Waals surface area (Å²) >= 11 is 0. The van der Waals surface area contributed by atoms with Crippen molar-refractivity contribution in [3.05, 3.63) is 24.3 Å². The van der Waals surface area contributed by atoms with Crippen LogP contribution in [0.1, 0.15) is 19.8 Å². The molecule has 0 bridgehead atoms. The van der Waals surface area contributed by atoms with Crippen LogP contribution in [0.15, 0.2) is 24.3 Å². The number of aliphatic hydroxyl groups excluding tert-OH is 1. The van der Waals surface area contributed by atoms with Crippen molar-refractivity contribution in [2.75, 3.05) is 6.61 Å². The minimum absolute atomic E-state index is 0.163. The Bertz CT molecular complexity index is 92.7. The van der Waals surface area contributed by atoms with Gasteiger partial charge in [-0.1, -0.05) is 24.3 Å². The minimum Gasteiger partial charge on any atom is -0.392 e. The summed E-state index contributed by atoms with van der Waals surface area (Å²) in [5, 5.41) is 8.32. The van der Waals surface area contributed by atoms with Crippen LogP contribution in [0.2, 0.25) is 0 Å². The van der Waals surface area contributed by atoms with Crippen LogP contribution in [0.25, 0.3) is 0 Å². The normalized spacial score (nSPS) is 11.8. The zero-order valence-corrected chi connectivity index (χ0v) is 5.88. The highest BCUT2D eigenvalue weighted by molar-refractivity contribution is 4.85. The number of rotatable bonds is 4. The first-order valence-electron chi connectivity index (χ1n) is 3.28. The molecule has 0 aromatic rings. The largest absolute Gasteiger partial charge is 0.392 e. The molecule has 0 fully saturated rings. The monoisotopic (exact) mass is 126 g/mol. The lowest BCUT2D eigenvalue weighted by atomic mass is 10.3. The van der Waals surface area contributed by atoms with Gasteiger partial charge in [-0.3, -0.25) is 0 Å². The summed E-state index contributed by atoms with van der Waals surface area (Å²) in [5.74, 6) is 0. The quantitative estimate of drug-likeness (QED) is 0.450. The van der Waals surface area contributed by atoms with Crippen molar-refractivity contribution >= 4 is 0 Å². The van der Waals surface area contributed by atoms with Crippen molar-refractivity contribution in [1.29, 1.82) is 0 Å². The molecule has 1 N–H and O–H groups in total. The highest BCUT2D eigenvalue weighted by Gasteiger charge is 1.72. The molecule has 0 aromatic carbocycles. The van der Waals surface area contributed by atoms with E-state index in [4.69, 9.17) is 5.11 Å². The van der Waals surface area contributed by atoms with E-state index in [9.17, 15) is 0 Å². The number of hydrogen-bond donors (Lipinski definition) is 1. The number of hydrogen-bond acceptors (Lipinski definition) is 1. The third-order valence-electron chi connectivity index (χ3n) is 1.01. The van der Waals surface area contributed by atoms with Crippen LogP contribution >= 0.6 is 0 Å². The van der Waals surface area contributed by atoms with Crippen molar-refractivity contribution in [3.8, 4) is 0 Å². The maximum absolute atomic E-state index is 8.32. The molecule has 0 radical (unpaired) electrons. The van der Waals surface area contributed by atoms with Gasteiger partial charge < -0.3 is 5.11 Å². The van der Waals surface area contributed by atoms with Crippen molar-refractivity contribution < 1.29 is 5.11 Å². The van der Waals surface area contributed by atoms with Crippen molar-refractivity contribution in [2.24, 2.45) is 0 Å². The smallest absolute Gasteiger partial charge is 0.0612 e. The predicted octanol–water partition coefficient (Wildman–Crippen LogP) is 1.89. The van der Waals surface area contributed by atoms with Gasteiger partial charge in [0.05, 0.1) is 6.61 Å². The molecule has 0 saturated heterocycles. The van der Waals surface area contributed by atoms with Crippen LogP contribution in [-0.2, 0) is 0 Å². The highest BCUT2D eigenvalue weighted by Crippen LogP contribution is 1.91. The maximum Gasteiger partial charge on any atom is 0.0612 e. The Kier molecular flexibility index (Phi) is 6.98. The highest BCUT2D eigenvalue weighted by atomic mass is 16.2. The molecule has 0 aliphatic carbocycles. The van der Waals surface area contributed by atoms with E-state index in [1.54, 1.807) is 6.08 Å². The zero-order chi connectivity index (χ0) is 6.95. The Labute approximate surface area is 56.7 Å². The van der Waals surface area contributed by atoms with Gasteiger partial charge in [0.15, 0.2) is 0 Å². The molecule has 0 aromatic heterocycles. The SMILES string of the molecule is C/C=C\CC/C=C/CO. The third-order valence-corrected chi connectivity index (χ3v) is 1.01. The lowest BCUT2D eigenvalue weighted by molar-refractivity contribution is 0.342. The first-order chi connectivity index (χ1) is 4.41. The standard InChI is InChI=1S/C8H14O/c1-2-3-4-5-6-7-8-9/h2-3,6-7,9H,4-5,8H2,1H3/b3-2-,7-6+. The van der Waals surface area contributed by atoms with Crippen LogP contribution in [0.5, 0.6) is 0 Å². The summed E-state index contributed by atoms with van der Waals surface area (Å²) in [5.41, 5.74) is 0. The van der Waals surface area contributed by atoms with Gasteiger partial charge in [0.25, 0.3) is 0 Å². The van der Waals surface area contributed by atoms with Crippen LogP contribution in [-0.4, -0.2) is 11.7 Å². The fourth-order valence-corrected chi connectivity index (χ4v) is 0.552. The molecule has 0 aliphatic heterocycles. The lowest BCUT2D eigenvalue weighted by Gasteiger charge is -1.83. The van der Waals surface area contributed by atoms with Crippen LogP contribution < -0.4 is 0 Å². The van der Waals surface area contributed by atoms with E-state index in [1.807, 2.05) is 19.1 Å². The number of unbranched alkanes of at least 4 members (excludes halogenated alkanes) is 1. The number of allylic oxidation sites excluding steroid dienone is 3. The van der Waals surface area contributed by atoms with Gasteiger partial charge in [-0.05, 0) is 19.8 Å². The van der Waals surface area contributed by atoms with Gasteiger partial charge in [-0.15, -0.1) is 0 Å². The molecule has 0 spiro atoms. The maximum atomic E-state index is 8.32. The van der Waals surface area contributed by atoms with Gasteiger partial charge >= 0.3 is 0 Å². The molecular weight excluding hydrogens is 112 g/mol. The molecular formula is C8H14O. The minimum atomic E-state index is 0.163. The molecule has 9 heavy (non-hydrogen) atoms. The summed E-state index contributed by atoms with van der Waals surface area (Å²) in [6, 6.07) is 0. The molecule has 1 heteroatoms. The molecule has 0 saturated carbocycles. The molecule has 0 aliphatic rings. The topological polar surface area (TPSA) is 20.2 Å². The molecule has 52 valence electrons. The van der Waals surface area contributed by atoms with E-state index in [0.29, 0.717) is 0 Å². The molecule has 0 atom stereocenters. The van der Waals surface area contributed by atoms with Crippen molar-refractivity contribution in [3.63, 3.8) is 0 Å². The van der Waals surface area contributed by atoms with E-state index >= 15 is 0 Å². The molecule has 1 nitrogen and oxygen atoms in total.